The second-order valence-electron chi connectivity index (χ2n) is 4.75. The van der Waals surface area contributed by atoms with Gasteiger partial charge in [0.05, 0.1) is 12.0 Å². The van der Waals surface area contributed by atoms with Crippen molar-refractivity contribution in [1.82, 2.24) is 10.6 Å². The zero-order valence-electron chi connectivity index (χ0n) is 10.5. The lowest BCUT2D eigenvalue weighted by Gasteiger charge is -2.18. The van der Waals surface area contributed by atoms with Gasteiger partial charge in [0.25, 0.3) is 0 Å². The molecular weight excluding hydrogens is 216 g/mol. The molecule has 0 saturated carbocycles. The highest BCUT2D eigenvalue weighted by atomic mass is 16.5. The molecule has 1 saturated heterocycles. The lowest BCUT2D eigenvalue weighted by molar-refractivity contribution is -0.126. The lowest BCUT2D eigenvalue weighted by atomic mass is 9.98. The first-order chi connectivity index (χ1) is 8.31. The third-order valence-electron chi connectivity index (χ3n) is 3.60. The van der Waals surface area contributed by atoms with Gasteiger partial charge in [0, 0.05) is 19.7 Å². The van der Waals surface area contributed by atoms with Crippen molar-refractivity contribution in [2.75, 3.05) is 26.2 Å². The normalized spacial score (nSPS) is 28.9. The minimum absolute atomic E-state index is 0.0577. The van der Waals surface area contributed by atoms with E-state index in [1.165, 1.54) is 5.57 Å². The molecule has 4 heteroatoms. The van der Waals surface area contributed by atoms with Gasteiger partial charge in [0.2, 0.25) is 5.91 Å². The summed E-state index contributed by atoms with van der Waals surface area (Å²) >= 11 is 0. The van der Waals surface area contributed by atoms with Crippen molar-refractivity contribution >= 4 is 5.91 Å². The number of carbonyl (C=O) groups excluding carboxylic acids is 1. The summed E-state index contributed by atoms with van der Waals surface area (Å²) < 4.78 is 5.54. The maximum Gasteiger partial charge on any atom is 0.226 e. The SMILES string of the molecule is CCC1OCCC1C(=O)NCC1=CCNCC1. The first-order valence-corrected chi connectivity index (χ1v) is 6.59. The van der Waals surface area contributed by atoms with E-state index >= 15 is 0 Å². The van der Waals surface area contributed by atoms with Gasteiger partial charge in [-0.05, 0) is 25.8 Å². The number of carbonyl (C=O) groups is 1. The molecule has 0 aliphatic carbocycles. The van der Waals surface area contributed by atoms with Gasteiger partial charge in [-0.2, -0.15) is 0 Å². The van der Waals surface area contributed by atoms with Crippen LogP contribution in [0.1, 0.15) is 26.2 Å². The van der Waals surface area contributed by atoms with Crippen molar-refractivity contribution in [1.29, 1.82) is 0 Å². The van der Waals surface area contributed by atoms with Gasteiger partial charge in [-0.3, -0.25) is 4.79 Å². The van der Waals surface area contributed by atoms with Gasteiger partial charge >= 0.3 is 0 Å². The minimum atomic E-state index is 0.0577. The number of rotatable bonds is 4. The summed E-state index contributed by atoms with van der Waals surface area (Å²) in [5.41, 5.74) is 1.34. The minimum Gasteiger partial charge on any atom is -0.377 e. The summed E-state index contributed by atoms with van der Waals surface area (Å²) in [7, 11) is 0. The molecule has 96 valence electrons. The zero-order chi connectivity index (χ0) is 12.1. The monoisotopic (exact) mass is 238 g/mol. The summed E-state index contributed by atoms with van der Waals surface area (Å²) in [4.78, 5) is 12.0. The average molecular weight is 238 g/mol. The van der Waals surface area contributed by atoms with Crippen molar-refractivity contribution < 1.29 is 9.53 Å². The topological polar surface area (TPSA) is 50.4 Å². The van der Waals surface area contributed by atoms with Crippen molar-refractivity contribution in [3.05, 3.63) is 11.6 Å². The molecule has 4 nitrogen and oxygen atoms in total. The number of nitrogens with one attached hydrogen (secondary N) is 2. The van der Waals surface area contributed by atoms with Gasteiger partial charge in [0.1, 0.15) is 0 Å². The molecule has 0 aromatic carbocycles. The van der Waals surface area contributed by atoms with E-state index in [1.54, 1.807) is 0 Å². The van der Waals surface area contributed by atoms with E-state index in [-0.39, 0.29) is 17.9 Å². The van der Waals surface area contributed by atoms with E-state index in [0.717, 1.165) is 39.0 Å². The third kappa shape index (κ3) is 3.30. The largest absolute Gasteiger partial charge is 0.377 e. The van der Waals surface area contributed by atoms with E-state index in [4.69, 9.17) is 4.74 Å². The van der Waals surface area contributed by atoms with Crippen LogP contribution < -0.4 is 10.6 Å². The Balaban J connectivity index is 1.78. The van der Waals surface area contributed by atoms with Crippen LogP contribution in [0.5, 0.6) is 0 Å². The number of amides is 1. The molecule has 2 atom stereocenters. The Morgan fingerprint density at radius 3 is 3.24 bits per heavy atom. The van der Waals surface area contributed by atoms with Gasteiger partial charge in [0.15, 0.2) is 0 Å². The summed E-state index contributed by atoms with van der Waals surface area (Å²) in [6.45, 7) is 5.45. The predicted molar refractivity (Wildman–Crippen MR) is 66.7 cm³/mol. The van der Waals surface area contributed by atoms with Gasteiger partial charge < -0.3 is 15.4 Å². The van der Waals surface area contributed by atoms with Crippen LogP contribution in [0.2, 0.25) is 0 Å². The summed E-state index contributed by atoms with van der Waals surface area (Å²) in [5.74, 6) is 0.219. The molecule has 0 spiro atoms. The van der Waals surface area contributed by atoms with Crippen LogP contribution in [0.15, 0.2) is 11.6 Å². The summed E-state index contributed by atoms with van der Waals surface area (Å²) in [5, 5.41) is 6.31. The van der Waals surface area contributed by atoms with Crippen LogP contribution in [0.4, 0.5) is 0 Å². The van der Waals surface area contributed by atoms with Crippen molar-refractivity contribution in [2.45, 2.75) is 32.3 Å². The molecule has 2 unspecified atom stereocenters. The third-order valence-corrected chi connectivity index (χ3v) is 3.60. The molecule has 2 N–H and O–H groups in total. The van der Waals surface area contributed by atoms with Gasteiger partial charge in [-0.25, -0.2) is 0 Å². The highest BCUT2D eigenvalue weighted by molar-refractivity contribution is 5.79. The second kappa shape index (κ2) is 6.17. The van der Waals surface area contributed by atoms with E-state index in [1.807, 2.05) is 0 Å². The van der Waals surface area contributed by atoms with E-state index in [2.05, 4.69) is 23.6 Å². The van der Waals surface area contributed by atoms with E-state index < -0.39 is 0 Å². The standard InChI is InChI=1S/C13H22N2O2/c1-2-12-11(5-8-17-12)13(16)15-9-10-3-6-14-7-4-10/h3,11-12,14H,2,4-9H2,1H3,(H,15,16). The maximum absolute atomic E-state index is 12.0. The fourth-order valence-electron chi connectivity index (χ4n) is 2.51. The molecule has 2 heterocycles. The predicted octanol–water partition coefficient (Wildman–Crippen LogP) is 0.837. The molecule has 2 aliphatic rings. The molecular formula is C13H22N2O2. The molecule has 2 aliphatic heterocycles. The highest BCUT2D eigenvalue weighted by Crippen LogP contribution is 2.23. The molecule has 0 aromatic rings. The Kier molecular flexibility index (Phi) is 4.57. The quantitative estimate of drug-likeness (QED) is 0.714. The lowest BCUT2D eigenvalue weighted by Crippen LogP contribution is -2.37. The molecule has 0 bridgehead atoms. The van der Waals surface area contributed by atoms with Gasteiger partial charge in [-0.1, -0.05) is 18.6 Å². The van der Waals surface area contributed by atoms with Crippen LogP contribution in [-0.2, 0) is 9.53 Å². The smallest absolute Gasteiger partial charge is 0.226 e. The van der Waals surface area contributed by atoms with Crippen LogP contribution >= 0.6 is 0 Å². The van der Waals surface area contributed by atoms with Crippen LogP contribution in [0.25, 0.3) is 0 Å². The van der Waals surface area contributed by atoms with E-state index in [9.17, 15) is 4.79 Å². The van der Waals surface area contributed by atoms with Crippen molar-refractivity contribution in [3.8, 4) is 0 Å². The Hall–Kier alpha value is -0.870. The van der Waals surface area contributed by atoms with Crippen LogP contribution in [0.3, 0.4) is 0 Å². The molecule has 0 radical (unpaired) electrons. The highest BCUT2D eigenvalue weighted by Gasteiger charge is 2.32. The van der Waals surface area contributed by atoms with Crippen LogP contribution in [-0.4, -0.2) is 38.3 Å². The van der Waals surface area contributed by atoms with Crippen molar-refractivity contribution in [2.24, 2.45) is 5.92 Å². The maximum atomic E-state index is 12.0. The average Bonchev–Trinajstić information content (AvgIpc) is 2.85. The Labute approximate surface area is 103 Å². The Bertz CT molecular complexity index is 302. The second-order valence-corrected chi connectivity index (χ2v) is 4.75. The van der Waals surface area contributed by atoms with E-state index in [0.29, 0.717) is 6.54 Å². The van der Waals surface area contributed by atoms with Crippen molar-refractivity contribution in [3.63, 3.8) is 0 Å². The number of hydrogen-bond donors (Lipinski definition) is 2. The fourth-order valence-corrected chi connectivity index (χ4v) is 2.51. The fraction of sp³-hybridized carbons (Fsp3) is 0.769. The first-order valence-electron chi connectivity index (χ1n) is 6.59. The first kappa shape index (κ1) is 12.6. The Morgan fingerprint density at radius 2 is 2.53 bits per heavy atom. The Morgan fingerprint density at radius 1 is 1.65 bits per heavy atom. The molecule has 17 heavy (non-hydrogen) atoms. The molecule has 0 aromatic heterocycles. The molecule has 1 fully saturated rings. The summed E-state index contributed by atoms with van der Waals surface area (Å²) in [6, 6.07) is 0. The van der Waals surface area contributed by atoms with Gasteiger partial charge in [-0.15, -0.1) is 0 Å². The number of ether oxygens (including phenoxy) is 1. The molecule has 2 rings (SSSR count). The summed E-state index contributed by atoms with van der Waals surface area (Å²) in [6.07, 6.45) is 5.12. The van der Waals surface area contributed by atoms with Crippen LogP contribution in [0, 0.1) is 5.92 Å². The zero-order valence-corrected chi connectivity index (χ0v) is 10.5. The number of hydrogen-bond acceptors (Lipinski definition) is 3. The molecule has 1 amide bonds.